The zero-order valence-electron chi connectivity index (χ0n) is 11.3. The van der Waals surface area contributed by atoms with Crippen LogP contribution in [0.15, 0.2) is 29.2 Å². The lowest BCUT2D eigenvalue weighted by molar-refractivity contribution is 0.597. The topological polar surface area (TPSA) is 49.4 Å². The van der Waals surface area contributed by atoms with Crippen molar-refractivity contribution >= 4 is 15.5 Å². The van der Waals surface area contributed by atoms with E-state index in [1.807, 2.05) is 19.2 Å². The van der Waals surface area contributed by atoms with E-state index in [1.54, 1.807) is 19.1 Å². The molecule has 5 heteroatoms. The monoisotopic (exact) mass is 270 g/mol. The highest BCUT2D eigenvalue weighted by atomic mass is 32.2. The molecule has 1 N–H and O–H groups in total. The first-order valence-corrected chi connectivity index (χ1v) is 7.91. The molecular weight excluding hydrogens is 248 g/mol. The fourth-order valence-corrected chi connectivity index (χ4v) is 2.51. The van der Waals surface area contributed by atoms with Crippen molar-refractivity contribution < 1.29 is 8.42 Å². The Balaban J connectivity index is 2.71. The molecule has 0 amide bonds. The van der Waals surface area contributed by atoms with Crippen molar-refractivity contribution in [2.75, 3.05) is 37.3 Å². The molecule has 0 saturated heterocycles. The van der Waals surface area contributed by atoms with E-state index >= 15 is 0 Å². The van der Waals surface area contributed by atoms with E-state index in [0.29, 0.717) is 4.90 Å². The average Bonchev–Trinajstić information content (AvgIpc) is 2.39. The second kappa shape index (κ2) is 6.75. The third kappa shape index (κ3) is 3.99. The molecule has 0 fully saturated rings. The van der Waals surface area contributed by atoms with Crippen LogP contribution in [0.4, 0.5) is 5.69 Å². The Morgan fingerprint density at radius 2 is 1.78 bits per heavy atom. The zero-order chi connectivity index (χ0) is 13.6. The van der Waals surface area contributed by atoms with Crippen LogP contribution >= 0.6 is 0 Å². The van der Waals surface area contributed by atoms with Gasteiger partial charge in [0.15, 0.2) is 9.84 Å². The van der Waals surface area contributed by atoms with Crippen LogP contribution < -0.4 is 10.2 Å². The first-order valence-electron chi connectivity index (χ1n) is 6.26. The number of anilines is 1. The van der Waals surface area contributed by atoms with Crippen molar-refractivity contribution in [3.05, 3.63) is 24.3 Å². The molecule has 102 valence electrons. The summed E-state index contributed by atoms with van der Waals surface area (Å²) in [5.41, 5.74) is 1.03. The summed E-state index contributed by atoms with van der Waals surface area (Å²) in [4.78, 5) is 2.50. The van der Waals surface area contributed by atoms with Gasteiger partial charge in [0.05, 0.1) is 10.6 Å². The lowest BCUT2D eigenvalue weighted by atomic mass is 10.3. The van der Waals surface area contributed by atoms with Gasteiger partial charge in [0, 0.05) is 25.8 Å². The van der Waals surface area contributed by atoms with Crippen LogP contribution in [0.2, 0.25) is 0 Å². The standard InChI is InChI=1S/C13H22N2O2S/c1-4-14-10-11-15(3)12-6-8-13(9-7-12)18(16,17)5-2/h6-9,14H,4-5,10-11H2,1-3H3. The summed E-state index contributed by atoms with van der Waals surface area (Å²) in [5, 5.41) is 3.26. The highest BCUT2D eigenvalue weighted by Gasteiger charge is 2.11. The Hall–Kier alpha value is -1.07. The molecule has 0 aliphatic heterocycles. The predicted molar refractivity (Wildman–Crippen MR) is 76.0 cm³/mol. The molecule has 0 aromatic heterocycles. The molecule has 4 nitrogen and oxygen atoms in total. The van der Waals surface area contributed by atoms with Gasteiger partial charge in [-0.1, -0.05) is 13.8 Å². The first kappa shape index (κ1) is 15.0. The van der Waals surface area contributed by atoms with Gasteiger partial charge in [-0.2, -0.15) is 0 Å². The van der Waals surface area contributed by atoms with Gasteiger partial charge >= 0.3 is 0 Å². The van der Waals surface area contributed by atoms with E-state index in [0.717, 1.165) is 25.3 Å². The van der Waals surface area contributed by atoms with Crippen molar-refractivity contribution in [2.24, 2.45) is 0 Å². The van der Waals surface area contributed by atoms with E-state index in [1.165, 1.54) is 0 Å². The molecule has 1 rings (SSSR count). The third-order valence-electron chi connectivity index (χ3n) is 2.89. The maximum Gasteiger partial charge on any atom is 0.178 e. The molecule has 1 aromatic rings. The Morgan fingerprint density at radius 1 is 1.17 bits per heavy atom. The molecule has 0 bridgehead atoms. The lowest BCUT2D eigenvalue weighted by Crippen LogP contribution is -2.28. The number of benzene rings is 1. The molecule has 0 aliphatic rings. The molecule has 1 aromatic carbocycles. The quantitative estimate of drug-likeness (QED) is 0.763. The molecule has 0 spiro atoms. The SMILES string of the molecule is CCNCCN(C)c1ccc(S(=O)(=O)CC)cc1. The Labute approximate surface area is 110 Å². The molecular formula is C13H22N2O2S. The maximum absolute atomic E-state index is 11.7. The van der Waals surface area contributed by atoms with Gasteiger partial charge in [0.1, 0.15) is 0 Å². The zero-order valence-corrected chi connectivity index (χ0v) is 12.1. The van der Waals surface area contributed by atoms with E-state index in [2.05, 4.69) is 17.1 Å². The number of hydrogen-bond acceptors (Lipinski definition) is 4. The Kier molecular flexibility index (Phi) is 5.62. The third-order valence-corrected chi connectivity index (χ3v) is 4.64. The van der Waals surface area contributed by atoms with Crippen LogP contribution in [0.3, 0.4) is 0 Å². The largest absolute Gasteiger partial charge is 0.373 e. The van der Waals surface area contributed by atoms with Crippen LogP contribution in [0, 0.1) is 0 Å². The summed E-state index contributed by atoms with van der Waals surface area (Å²) in [6, 6.07) is 7.07. The molecule has 0 aliphatic carbocycles. The smallest absolute Gasteiger partial charge is 0.178 e. The van der Waals surface area contributed by atoms with E-state index in [9.17, 15) is 8.42 Å². The Morgan fingerprint density at radius 3 is 2.28 bits per heavy atom. The molecule has 0 radical (unpaired) electrons. The highest BCUT2D eigenvalue weighted by Crippen LogP contribution is 2.17. The number of nitrogens with zero attached hydrogens (tertiary/aromatic N) is 1. The average molecular weight is 270 g/mol. The summed E-state index contributed by atoms with van der Waals surface area (Å²) >= 11 is 0. The normalized spacial score (nSPS) is 11.5. The van der Waals surface area contributed by atoms with Crippen LogP contribution in [-0.4, -0.2) is 40.9 Å². The van der Waals surface area contributed by atoms with Crippen molar-refractivity contribution in [2.45, 2.75) is 18.7 Å². The van der Waals surface area contributed by atoms with Crippen LogP contribution in [0.5, 0.6) is 0 Å². The van der Waals surface area contributed by atoms with Crippen LogP contribution in [-0.2, 0) is 9.84 Å². The summed E-state index contributed by atoms with van der Waals surface area (Å²) in [6.45, 7) is 6.51. The van der Waals surface area contributed by atoms with Crippen LogP contribution in [0.25, 0.3) is 0 Å². The van der Waals surface area contributed by atoms with Gasteiger partial charge in [-0.15, -0.1) is 0 Å². The van der Waals surface area contributed by atoms with E-state index in [-0.39, 0.29) is 5.75 Å². The molecule has 0 atom stereocenters. The minimum atomic E-state index is -3.09. The summed E-state index contributed by atoms with van der Waals surface area (Å²) in [6.07, 6.45) is 0. The van der Waals surface area contributed by atoms with Gasteiger partial charge in [-0.3, -0.25) is 0 Å². The molecule has 18 heavy (non-hydrogen) atoms. The van der Waals surface area contributed by atoms with Crippen molar-refractivity contribution in [3.8, 4) is 0 Å². The maximum atomic E-state index is 11.7. The summed E-state index contributed by atoms with van der Waals surface area (Å²) < 4.78 is 23.3. The summed E-state index contributed by atoms with van der Waals surface area (Å²) in [5.74, 6) is 0.141. The number of hydrogen-bond donors (Lipinski definition) is 1. The summed E-state index contributed by atoms with van der Waals surface area (Å²) in [7, 11) is -1.09. The fraction of sp³-hybridized carbons (Fsp3) is 0.538. The van der Waals surface area contributed by atoms with Crippen LogP contribution in [0.1, 0.15) is 13.8 Å². The van der Waals surface area contributed by atoms with Crippen molar-refractivity contribution in [1.29, 1.82) is 0 Å². The fourth-order valence-electron chi connectivity index (χ4n) is 1.63. The number of sulfone groups is 1. The lowest BCUT2D eigenvalue weighted by Gasteiger charge is -2.19. The van der Waals surface area contributed by atoms with Crippen molar-refractivity contribution in [1.82, 2.24) is 5.32 Å². The first-order chi connectivity index (χ1) is 8.51. The number of nitrogens with one attached hydrogen (secondary N) is 1. The van der Waals surface area contributed by atoms with E-state index in [4.69, 9.17) is 0 Å². The van der Waals surface area contributed by atoms with Gasteiger partial charge in [-0.05, 0) is 30.8 Å². The minimum Gasteiger partial charge on any atom is -0.373 e. The number of rotatable bonds is 7. The van der Waals surface area contributed by atoms with Gasteiger partial charge in [-0.25, -0.2) is 8.42 Å². The van der Waals surface area contributed by atoms with E-state index < -0.39 is 9.84 Å². The van der Waals surface area contributed by atoms with Crippen molar-refractivity contribution in [3.63, 3.8) is 0 Å². The molecule has 0 saturated carbocycles. The second-order valence-electron chi connectivity index (χ2n) is 4.17. The van der Waals surface area contributed by atoms with Gasteiger partial charge in [0.2, 0.25) is 0 Å². The highest BCUT2D eigenvalue weighted by molar-refractivity contribution is 7.91. The molecule has 0 unspecified atom stereocenters. The minimum absolute atomic E-state index is 0.141. The Bertz CT molecular complexity index is 454. The second-order valence-corrected chi connectivity index (χ2v) is 6.45. The van der Waals surface area contributed by atoms with Gasteiger partial charge in [0.25, 0.3) is 0 Å². The molecule has 0 heterocycles. The predicted octanol–water partition coefficient (Wildman–Crippen LogP) is 1.53. The van der Waals surface area contributed by atoms with Gasteiger partial charge < -0.3 is 10.2 Å². The number of likely N-dealkylation sites (N-methyl/N-ethyl adjacent to an activating group) is 2.